The average Bonchev–Trinajstić information content (AvgIpc) is 2.86. The minimum absolute atomic E-state index is 0.0809. The zero-order chi connectivity index (χ0) is 15.9. The van der Waals surface area contributed by atoms with Crippen LogP contribution in [0.15, 0.2) is 6.20 Å². The van der Waals surface area contributed by atoms with E-state index in [4.69, 9.17) is 22.1 Å². The standard InChI is InChI=1S/C13H14ClN7O/c1-6-8(4-16-7(2)10(6)22-3)5-21-12-9(19-20-21)11(14)17-13(15)18-12/h4H,5H2,1-3H3,(H2,15,17,18). The number of aromatic nitrogens is 6. The Kier molecular flexibility index (Phi) is 3.53. The summed E-state index contributed by atoms with van der Waals surface area (Å²) in [5.74, 6) is 0.839. The summed E-state index contributed by atoms with van der Waals surface area (Å²) in [5, 5.41) is 8.25. The molecule has 3 heterocycles. The molecule has 0 saturated carbocycles. The highest BCUT2D eigenvalue weighted by atomic mass is 35.5. The van der Waals surface area contributed by atoms with E-state index in [9.17, 15) is 0 Å². The number of hydrogen-bond donors (Lipinski definition) is 1. The van der Waals surface area contributed by atoms with Gasteiger partial charge in [-0.15, -0.1) is 5.10 Å². The van der Waals surface area contributed by atoms with Crippen molar-refractivity contribution in [2.75, 3.05) is 12.8 Å². The second kappa shape index (κ2) is 5.38. The third-order valence-electron chi connectivity index (χ3n) is 3.43. The number of ether oxygens (including phenoxy) is 1. The maximum atomic E-state index is 6.00. The summed E-state index contributed by atoms with van der Waals surface area (Å²) in [7, 11) is 1.62. The molecule has 114 valence electrons. The van der Waals surface area contributed by atoms with E-state index < -0.39 is 0 Å². The third kappa shape index (κ3) is 2.31. The number of nitrogens with zero attached hydrogens (tertiary/aromatic N) is 6. The minimum atomic E-state index is 0.0809. The first kappa shape index (κ1) is 14.5. The van der Waals surface area contributed by atoms with Crippen LogP contribution in [-0.4, -0.2) is 37.1 Å². The lowest BCUT2D eigenvalue weighted by Crippen LogP contribution is -2.08. The van der Waals surface area contributed by atoms with E-state index in [1.807, 2.05) is 13.8 Å². The molecule has 3 aromatic rings. The Hall–Kier alpha value is -2.48. The Bertz CT molecular complexity index is 861. The number of fused-ring (bicyclic) bond motifs is 1. The van der Waals surface area contributed by atoms with Crippen LogP contribution < -0.4 is 10.5 Å². The molecule has 8 nitrogen and oxygen atoms in total. The molecule has 0 aliphatic carbocycles. The lowest BCUT2D eigenvalue weighted by molar-refractivity contribution is 0.405. The maximum Gasteiger partial charge on any atom is 0.223 e. The van der Waals surface area contributed by atoms with Crippen molar-refractivity contribution in [3.8, 4) is 5.75 Å². The van der Waals surface area contributed by atoms with Crippen LogP contribution in [0.2, 0.25) is 5.15 Å². The Morgan fingerprint density at radius 3 is 2.82 bits per heavy atom. The van der Waals surface area contributed by atoms with Crippen LogP contribution >= 0.6 is 11.6 Å². The lowest BCUT2D eigenvalue weighted by atomic mass is 10.1. The van der Waals surface area contributed by atoms with Crippen LogP contribution in [0.25, 0.3) is 11.2 Å². The molecule has 0 radical (unpaired) electrons. The monoisotopic (exact) mass is 319 g/mol. The average molecular weight is 320 g/mol. The van der Waals surface area contributed by atoms with Gasteiger partial charge in [-0.25, -0.2) is 4.68 Å². The molecule has 0 aliphatic rings. The quantitative estimate of drug-likeness (QED) is 0.730. The van der Waals surface area contributed by atoms with Gasteiger partial charge >= 0.3 is 0 Å². The molecule has 9 heteroatoms. The summed E-state index contributed by atoms with van der Waals surface area (Å²) in [5.41, 5.74) is 9.31. The van der Waals surface area contributed by atoms with Gasteiger partial charge in [-0.3, -0.25) is 4.98 Å². The van der Waals surface area contributed by atoms with Crippen molar-refractivity contribution in [2.24, 2.45) is 0 Å². The normalized spacial score (nSPS) is 11.1. The van der Waals surface area contributed by atoms with Crippen molar-refractivity contribution < 1.29 is 4.74 Å². The Balaban J connectivity index is 2.08. The van der Waals surface area contributed by atoms with Crippen molar-refractivity contribution in [2.45, 2.75) is 20.4 Å². The Morgan fingerprint density at radius 1 is 1.32 bits per heavy atom. The number of nitrogens with two attached hydrogens (primary N) is 1. The fraction of sp³-hybridized carbons (Fsp3) is 0.308. The van der Waals surface area contributed by atoms with E-state index in [1.54, 1.807) is 18.0 Å². The Labute approximate surface area is 131 Å². The zero-order valence-electron chi connectivity index (χ0n) is 12.3. The highest BCUT2D eigenvalue weighted by Crippen LogP contribution is 2.25. The van der Waals surface area contributed by atoms with Gasteiger partial charge in [0.05, 0.1) is 19.3 Å². The largest absolute Gasteiger partial charge is 0.495 e. The highest BCUT2D eigenvalue weighted by Gasteiger charge is 2.15. The molecule has 0 saturated heterocycles. The van der Waals surface area contributed by atoms with Crippen molar-refractivity contribution in [3.63, 3.8) is 0 Å². The molecule has 0 fully saturated rings. The molecule has 0 unspecified atom stereocenters. The molecule has 3 aromatic heterocycles. The summed E-state index contributed by atoms with van der Waals surface area (Å²) in [6.45, 7) is 4.30. The third-order valence-corrected chi connectivity index (χ3v) is 3.69. The van der Waals surface area contributed by atoms with Gasteiger partial charge < -0.3 is 10.5 Å². The van der Waals surface area contributed by atoms with Gasteiger partial charge in [-0.2, -0.15) is 9.97 Å². The zero-order valence-corrected chi connectivity index (χ0v) is 13.1. The number of pyridine rings is 1. The van der Waals surface area contributed by atoms with Gasteiger partial charge in [-0.05, 0) is 25.0 Å². The second-order valence-electron chi connectivity index (χ2n) is 4.82. The molecular weight excluding hydrogens is 306 g/mol. The summed E-state index contributed by atoms with van der Waals surface area (Å²) in [4.78, 5) is 12.3. The van der Waals surface area contributed by atoms with E-state index >= 15 is 0 Å². The van der Waals surface area contributed by atoms with Crippen molar-refractivity contribution >= 4 is 28.7 Å². The molecule has 0 amide bonds. The van der Waals surface area contributed by atoms with Gasteiger partial charge in [0.15, 0.2) is 16.3 Å². The minimum Gasteiger partial charge on any atom is -0.495 e. The number of anilines is 1. The van der Waals surface area contributed by atoms with Crippen LogP contribution in [-0.2, 0) is 6.54 Å². The van der Waals surface area contributed by atoms with Gasteiger partial charge in [0, 0.05) is 6.20 Å². The van der Waals surface area contributed by atoms with E-state index in [-0.39, 0.29) is 11.1 Å². The number of rotatable bonds is 3. The predicted octanol–water partition coefficient (Wildman–Crippen LogP) is 1.53. The summed E-state index contributed by atoms with van der Waals surface area (Å²) in [6.07, 6.45) is 1.78. The molecule has 2 N–H and O–H groups in total. The molecule has 0 atom stereocenters. The molecule has 0 spiro atoms. The molecule has 0 bridgehead atoms. The van der Waals surface area contributed by atoms with E-state index in [0.29, 0.717) is 17.7 Å². The van der Waals surface area contributed by atoms with Gasteiger partial charge in [0.2, 0.25) is 5.95 Å². The van der Waals surface area contributed by atoms with Gasteiger partial charge in [0.25, 0.3) is 0 Å². The first-order valence-electron chi connectivity index (χ1n) is 6.52. The Morgan fingerprint density at radius 2 is 2.09 bits per heavy atom. The number of methoxy groups -OCH3 is 1. The van der Waals surface area contributed by atoms with Crippen molar-refractivity contribution in [3.05, 3.63) is 28.2 Å². The number of halogens is 1. The smallest absolute Gasteiger partial charge is 0.223 e. The van der Waals surface area contributed by atoms with Crippen LogP contribution in [0, 0.1) is 13.8 Å². The fourth-order valence-corrected chi connectivity index (χ4v) is 2.52. The topological polar surface area (TPSA) is 105 Å². The van der Waals surface area contributed by atoms with E-state index in [2.05, 4.69) is 25.3 Å². The summed E-state index contributed by atoms with van der Waals surface area (Å²) in [6, 6.07) is 0. The molecule has 0 aliphatic heterocycles. The van der Waals surface area contributed by atoms with Crippen LogP contribution in [0.3, 0.4) is 0 Å². The second-order valence-corrected chi connectivity index (χ2v) is 5.18. The highest BCUT2D eigenvalue weighted by molar-refractivity contribution is 6.33. The predicted molar refractivity (Wildman–Crippen MR) is 81.9 cm³/mol. The lowest BCUT2D eigenvalue weighted by Gasteiger charge is -2.12. The number of aryl methyl sites for hydroxylation is 1. The summed E-state index contributed by atoms with van der Waals surface area (Å²) >= 11 is 6.00. The van der Waals surface area contributed by atoms with Gasteiger partial charge in [-0.1, -0.05) is 16.8 Å². The molecule has 0 aromatic carbocycles. The van der Waals surface area contributed by atoms with Crippen LogP contribution in [0.5, 0.6) is 5.75 Å². The maximum absolute atomic E-state index is 6.00. The van der Waals surface area contributed by atoms with Crippen LogP contribution in [0.1, 0.15) is 16.8 Å². The summed E-state index contributed by atoms with van der Waals surface area (Å²) < 4.78 is 7.00. The molecule has 3 rings (SSSR count). The fourth-order valence-electron chi connectivity index (χ4n) is 2.31. The van der Waals surface area contributed by atoms with Crippen molar-refractivity contribution in [1.29, 1.82) is 0 Å². The van der Waals surface area contributed by atoms with E-state index in [0.717, 1.165) is 22.6 Å². The van der Waals surface area contributed by atoms with Gasteiger partial charge in [0.1, 0.15) is 5.75 Å². The number of nitrogen functional groups attached to an aromatic ring is 1. The first-order valence-corrected chi connectivity index (χ1v) is 6.90. The first-order chi connectivity index (χ1) is 10.5. The SMILES string of the molecule is COc1c(C)ncc(Cn2nnc3c(Cl)nc(N)nc32)c1C. The van der Waals surface area contributed by atoms with E-state index in [1.165, 1.54) is 0 Å². The molecule has 22 heavy (non-hydrogen) atoms. The van der Waals surface area contributed by atoms with Crippen molar-refractivity contribution in [1.82, 2.24) is 29.9 Å². The molecular formula is C13H14ClN7O. The van der Waals surface area contributed by atoms with Crippen LogP contribution in [0.4, 0.5) is 5.95 Å². The number of hydrogen-bond acceptors (Lipinski definition) is 7.